The maximum Gasteiger partial charge on any atom is 0.317 e. The van der Waals surface area contributed by atoms with Crippen molar-refractivity contribution < 1.29 is 4.79 Å². The SMILES string of the molecule is NC(=O)Nc1nc2cc(Br)ccc2[nH]c1=O. The lowest BCUT2D eigenvalue weighted by atomic mass is 10.3. The maximum absolute atomic E-state index is 11.5. The van der Waals surface area contributed by atoms with Gasteiger partial charge in [-0.25, -0.2) is 9.78 Å². The van der Waals surface area contributed by atoms with Gasteiger partial charge in [-0.05, 0) is 18.2 Å². The van der Waals surface area contributed by atoms with Gasteiger partial charge in [0.1, 0.15) is 0 Å². The molecule has 0 aliphatic heterocycles. The van der Waals surface area contributed by atoms with E-state index >= 15 is 0 Å². The number of benzene rings is 1. The van der Waals surface area contributed by atoms with Crippen LogP contribution in [0.3, 0.4) is 0 Å². The van der Waals surface area contributed by atoms with Gasteiger partial charge in [-0.3, -0.25) is 10.1 Å². The molecule has 0 radical (unpaired) electrons. The zero-order valence-corrected chi connectivity index (χ0v) is 9.54. The van der Waals surface area contributed by atoms with E-state index in [9.17, 15) is 9.59 Å². The van der Waals surface area contributed by atoms with E-state index in [2.05, 4.69) is 31.2 Å². The third-order valence-corrected chi connectivity index (χ3v) is 2.39. The summed E-state index contributed by atoms with van der Waals surface area (Å²) in [6.45, 7) is 0. The molecule has 1 heterocycles. The average molecular weight is 283 g/mol. The molecule has 0 atom stereocenters. The number of nitrogens with zero attached hydrogens (tertiary/aromatic N) is 1. The summed E-state index contributed by atoms with van der Waals surface area (Å²) in [5.41, 5.74) is 5.56. The van der Waals surface area contributed by atoms with Gasteiger partial charge in [-0.15, -0.1) is 0 Å². The molecule has 1 aromatic heterocycles. The number of halogens is 1. The normalized spacial score (nSPS) is 10.3. The Hall–Kier alpha value is -1.89. The fourth-order valence-electron chi connectivity index (χ4n) is 1.26. The molecule has 7 heteroatoms. The van der Waals surface area contributed by atoms with Gasteiger partial charge in [0.05, 0.1) is 11.0 Å². The fraction of sp³-hybridized carbons (Fsp3) is 0. The lowest BCUT2D eigenvalue weighted by Crippen LogP contribution is -2.25. The number of nitrogens with one attached hydrogen (secondary N) is 2. The van der Waals surface area contributed by atoms with Gasteiger partial charge in [-0.2, -0.15) is 0 Å². The summed E-state index contributed by atoms with van der Waals surface area (Å²) in [7, 11) is 0. The van der Waals surface area contributed by atoms with Crippen molar-refractivity contribution in [1.82, 2.24) is 9.97 Å². The highest BCUT2D eigenvalue weighted by Gasteiger charge is 2.06. The minimum atomic E-state index is -0.827. The Labute approximate surface area is 98.0 Å². The Morgan fingerprint density at radius 1 is 1.50 bits per heavy atom. The van der Waals surface area contributed by atoms with E-state index in [-0.39, 0.29) is 5.82 Å². The summed E-state index contributed by atoms with van der Waals surface area (Å²) >= 11 is 3.28. The molecule has 0 saturated carbocycles. The zero-order valence-electron chi connectivity index (χ0n) is 7.95. The van der Waals surface area contributed by atoms with Crippen molar-refractivity contribution in [2.75, 3.05) is 5.32 Å². The molecule has 0 saturated heterocycles. The van der Waals surface area contributed by atoms with Gasteiger partial charge in [0.2, 0.25) is 5.82 Å². The van der Waals surface area contributed by atoms with Gasteiger partial charge in [0.15, 0.2) is 0 Å². The molecule has 4 N–H and O–H groups in total. The summed E-state index contributed by atoms with van der Waals surface area (Å²) in [4.78, 5) is 28.7. The quantitative estimate of drug-likeness (QED) is 0.732. The Balaban J connectivity index is 2.64. The fourth-order valence-corrected chi connectivity index (χ4v) is 1.61. The lowest BCUT2D eigenvalue weighted by molar-refractivity contribution is 0.259. The predicted octanol–water partition coefficient (Wildman–Crippen LogP) is 1.18. The molecule has 0 aliphatic rings. The summed E-state index contributed by atoms with van der Waals surface area (Å²) in [6, 6.07) is 4.38. The molecule has 2 rings (SSSR count). The van der Waals surface area contributed by atoms with Gasteiger partial charge < -0.3 is 10.7 Å². The van der Waals surface area contributed by atoms with Crippen LogP contribution in [0.5, 0.6) is 0 Å². The van der Waals surface area contributed by atoms with E-state index in [0.717, 1.165) is 4.47 Å². The molecule has 82 valence electrons. The van der Waals surface area contributed by atoms with E-state index in [4.69, 9.17) is 5.73 Å². The number of fused-ring (bicyclic) bond motifs is 1. The standard InChI is InChI=1S/C9H7BrN4O2/c10-4-1-2-5-6(3-4)12-7(8(15)13-5)14-9(11)16/h1-3H,(H,13,15)(H3,11,12,14,16). The predicted molar refractivity (Wildman–Crippen MR) is 63.3 cm³/mol. The highest BCUT2D eigenvalue weighted by molar-refractivity contribution is 9.10. The van der Waals surface area contributed by atoms with Crippen LogP contribution in [-0.4, -0.2) is 16.0 Å². The topological polar surface area (TPSA) is 101 Å². The molecule has 0 aliphatic carbocycles. The minimum Gasteiger partial charge on any atom is -0.351 e. The summed E-state index contributed by atoms with van der Waals surface area (Å²) in [5, 5.41) is 2.15. The molecule has 2 aromatic rings. The van der Waals surface area contributed by atoms with Crippen LogP contribution in [-0.2, 0) is 0 Å². The minimum absolute atomic E-state index is 0.113. The number of anilines is 1. The number of primary amides is 1. The van der Waals surface area contributed by atoms with Crippen molar-refractivity contribution in [2.45, 2.75) is 0 Å². The van der Waals surface area contributed by atoms with Gasteiger partial charge >= 0.3 is 6.03 Å². The van der Waals surface area contributed by atoms with E-state index in [1.807, 2.05) is 0 Å². The second-order valence-corrected chi connectivity index (χ2v) is 3.98. The van der Waals surface area contributed by atoms with Gasteiger partial charge in [0.25, 0.3) is 5.56 Å². The third kappa shape index (κ3) is 2.03. The third-order valence-electron chi connectivity index (χ3n) is 1.90. The molecular formula is C9H7BrN4O2. The zero-order chi connectivity index (χ0) is 11.7. The van der Waals surface area contributed by atoms with Crippen LogP contribution in [0.1, 0.15) is 0 Å². The molecule has 0 spiro atoms. The van der Waals surface area contributed by atoms with Crippen LogP contribution in [0, 0.1) is 0 Å². The first-order valence-electron chi connectivity index (χ1n) is 4.32. The maximum atomic E-state index is 11.5. The molecule has 0 bridgehead atoms. The van der Waals surface area contributed by atoms with E-state index in [0.29, 0.717) is 11.0 Å². The summed E-state index contributed by atoms with van der Waals surface area (Å²) in [6.07, 6.45) is 0. The highest BCUT2D eigenvalue weighted by atomic mass is 79.9. The number of hydrogen-bond acceptors (Lipinski definition) is 3. The van der Waals surface area contributed by atoms with Crippen molar-refractivity contribution in [2.24, 2.45) is 5.73 Å². The monoisotopic (exact) mass is 282 g/mol. The molecule has 1 aromatic carbocycles. The van der Waals surface area contributed by atoms with Crippen LogP contribution in [0.15, 0.2) is 27.5 Å². The second-order valence-electron chi connectivity index (χ2n) is 3.07. The first-order valence-corrected chi connectivity index (χ1v) is 5.11. The van der Waals surface area contributed by atoms with Crippen LogP contribution in [0.25, 0.3) is 11.0 Å². The smallest absolute Gasteiger partial charge is 0.317 e. The largest absolute Gasteiger partial charge is 0.351 e. The number of nitrogens with two attached hydrogens (primary N) is 1. The highest BCUT2D eigenvalue weighted by Crippen LogP contribution is 2.16. The molecule has 2 amide bonds. The molecule has 6 nitrogen and oxygen atoms in total. The van der Waals surface area contributed by atoms with Crippen molar-refractivity contribution in [1.29, 1.82) is 0 Å². The van der Waals surface area contributed by atoms with Crippen molar-refractivity contribution in [3.8, 4) is 0 Å². The lowest BCUT2D eigenvalue weighted by Gasteiger charge is -2.02. The molecular weight excluding hydrogens is 276 g/mol. The number of urea groups is 1. The number of H-pyrrole nitrogens is 1. The number of hydrogen-bond donors (Lipinski definition) is 3. The van der Waals surface area contributed by atoms with Crippen molar-refractivity contribution in [3.05, 3.63) is 33.0 Å². The summed E-state index contributed by atoms with van der Waals surface area (Å²) < 4.78 is 0.824. The van der Waals surface area contributed by atoms with Crippen LogP contribution < -0.4 is 16.6 Å². The average Bonchev–Trinajstić information content (AvgIpc) is 2.19. The number of aromatic nitrogens is 2. The van der Waals surface area contributed by atoms with E-state index in [1.165, 1.54) is 0 Å². The van der Waals surface area contributed by atoms with E-state index in [1.54, 1.807) is 18.2 Å². The Morgan fingerprint density at radius 2 is 2.25 bits per heavy atom. The van der Waals surface area contributed by atoms with Crippen molar-refractivity contribution >= 4 is 38.8 Å². The Bertz CT molecular complexity index is 622. The van der Waals surface area contributed by atoms with Gasteiger partial charge in [0, 0.05) is 4.47 Å². The first kappa shape index (κ1) is 10.6. The van der Waals surface area contributed by atoms with Gasteiger partial charge in [-0.1, -0.05) is 15.9 Å². The Morgan fingerprint density at radius 3 is 2.94 bits per heavy atom. The Kier molecular flexibility index (Phi) is 2.61. The number of amides is 2. The molecule has 0 fully saturated rings. The number of rotatable bonds is 1. The summed E-state index contributed by atoms with van der Waals surface area (Å²) in [5.74, 6) is -0.113. The van der Waals surface area contributed by atoms with Crippen LogP contribution in [0.4, 0.5) is 10.6 Å². The van der Waals surface area contributed by atoms with Crippen LogP contribution >= 0.6 is 15.9 Å². The van der Waals surface area contributed by atoms with Crippen LogP contribution in [0.2, 0.25) is 0 Å². The van der Waals surface area contributed by atoms with E-state index < -0.39 is 11.6 Å². The van der Waals surface area contributed by atoms with Crippen molar-refractivity contribution in [3.63, 3.8) is 0 Å². The number of carbonyl (C=O) groups excluding carboxylic acids is 1. The molecule has 0 unspecified atom stereocenters. The number of aromatic amines is 1. The first-order chi connectivity index (χ1) is 7.56. The molecule has 16 heavy (non-hydrogen) atoms. The second kappa shape index (κ2) is 3.93. The number of carbonyl (C=O) groups is 1.